The van der Waals surface area contributed by atoms with E-state index in [1.807, 2.05) is 5.32 Å². The molecule has 0 fully saturated rings. The molecule has 1 N–H and O–H groups in total. The molecule has 0 spiro atoms. The van der Waals surface area contributed by atoms with Crippen LogP contribution in [0.4, 0.5) is 32.0 Å². The summed E-state index contributed by atoms with van der Waals surface area (Å²) in [5.74, 6) is -1.53. The summed E-state index contributed by atoms with van der Waals surface area (Å²) in [6, 6.07) is 2.56. The lowest BCUT2D eigenvalue weighted by Crippen LogP contribution is -2.22. The standard InChI is InChI=1S/C14H8ClF6N3O/c15-9-3-2-8(14(19,20)21)7(6-13(16,17)18)10(9)24-12(25)11-22-4-1-5-23-11/h1-5H,6H2,(H,24,25). The molecule has 1 amide bonds. The van der Waals surface area contributed by atoms with E-state index in [9.17, 15) is 31.1 Å². The van der Waals surface area contributed by atoms with Gasteiger partial charge in [0.2, 0.25) is 5.82 Å². The Hall–Kier alpha value is -2.36. The number of anilines is 1. The van der Waals surface area contributed by atoms with Crippen LogP contribution in [-0.4, -0.2) is 22.1 Å². The minimum atomic E-state index is -5.06. The molecular formula is C14H8ClF6N3O. The van der Waals surface area contributed by atoms with E-state index in [1.54, 1.807) is 0 Å². The maximum atomic E-state index is 13.0. The minimum absolute atomic E-state index is 0.429. The molecule has 11 heteroatoms. The van der Waals surface area contributed by atoms with Crippen molar-refractivity contribution in [3.63, 3.8) is 0 Å². The van der Waals surface area contributed by atoms with Crippen LogP contribution in [0.5, 0.6) is 0 Å². The molecule has 2 rings (SSSR count). The second-order valence-electron chi connectivity index (χ2n) is 4.76. The lowest BCUT2D eigenvalue weighted by atomic mass is 10.0. The van der Waals surface area contributed by atoms with E-state index in [0.717, 1.165) is 6.07 Å². The van der Waals surface area contributed by atoms with E-state index >= 15 is 0 Å². The Balaban J connectivity index is 2.53. The van der Waals surface area contributed by atoms with Crippen molar-refractivity contribution in [3.8, 4) is 0 Å². The first-order valence-corrected chi connectivity index (χ1v) is 6.90. The number of nitrogens with one attached hydrogen (secondary N) is 1. The largest absolute Gasteiger partial charge is 0.416 e. The predicted octanol–water partition coefficient (Wildman–Crippen LogP) is 4.51. The van der Waals surface area contributed by atoms with Gasteiger partial charge in [0.1, 0.15) is 0 Å². The van der Waals surface area contributed by atoms with Crippen LogP contribution in [0.25, 0.3) is 0 Å². The van der Waals surface area contributed by atoms with Gasteiger partial charge in [0.25, 0.3) is 5.91 Å². The zero-order chi connectivity index (χ0) is 18.8. The maximum absolute atomic E-state index is 13.0. The first-order chi connectivity index (χ1) is 11.5. The van der Waals surface area contributed by atoms with Crippen molar-refractivity contribution in [3.05, 3.63) is 52.6 Å². The summed E-state index contributed by atoms with van der Waals surface area (Å²) in [7, 11) is 0. The van der Waals surface area contributed by atoms with Crippen molar-refractivity contribution in [2.45, 2.75) is 18.8 Å². The van der Waals surface area contributed by atoms with Crippen molar-refractivity contribution in [2.75, 3.05) is 5.32 Å². The monoisotopic (exact) mass is 383 g/mol. The van der Waals surface area contributed by atoms with Crippen molar-refractivity contribution < 1.29 is 31.1 Å². The number of benzene rings is 1. The first-order valence-electron chi connectivity index (χ1n) is 6.53. The third-order valence-electron chi connectivity index (χ3n) is 2.95. The van der Waals surface area contributed by atoms with Crippen LogP contribution >= 0.6 is 11.6 Å². The predicted molar refractivity (Wildman–Crippen MR) is 76.2 cm³/mol. The Kier molecular flexibility index (Phi) is 5.21. The molecule has 4 nitrogen and oxygen atoms in total. The molecule has 0 aliphatic rings. The fourth-order valence-electron chi connectivity index (χ4n) is 1.99. The SMILES string of the molecule is O=C(Nc1c(Cl)ccc(C(F)(F)F)c1CC(F)(F)F)c1ncccn1. The highest BCUT2D eigenvalue weighted by molar-refractivity contribution is 6.34. The number of carbonyl (C=O) groups excluding carboxylic acids is 1. The molecule has 0 saturated heterocycles. The van der Waals surface area contributed by atoms with Crippen LogP contribution in [0, 0.1) is 0 Å². The summed E-state index contributed by atoms with van der Waals surface area (Å²) in [4.78, 5) is 19.1. The van der Waals surface area contributed by atoms with Gasteiger partial charge >= 0.3 is 12.4 Å². The van der Waals surface area contributed by atoms with Gasteiger partial charge in [0.05, 0.1) is 22.7 Å². The molecule has 0 aliphatic heterocycles. The van der Waals surface area contributed by atoms with Gasteiger partial charge in [0.15, 0.2) is 0 Å². The van der Waals surface area contributed by atoms with Crippen LogP contribution in [0.2, 0.25) is 5.02 Å². The topological polar surface area (TPSA) is 54.9 Å². The number of halogens is 7. The molecule has 0 bridgehead atoms. The molecule has 25 heavy (non-hydrogen) atoms. The fraction of sp³-hybridized carbons (Fsp3) is 0.214. The van der Waals surface area contributed by atoms with E-state index in [1.165, 1.54) is 18.5 Å². The Morgan fingerprint density at radius 3 is 2.20 bits per heavy atom. The summed E-state index contributed by atoms with van der Waals surface area (Å²) in [6.07, 6.45) is -9.56. The lowest BCUT2D eigenvalue weighted by Gasteiger charge is -2.19. The Morgan fingerprint density at radius 1 is 1.08 bits per heavy atom. The fourth-order valence-corrected chi connectivity index (χ4v) is 2.21. The van der Waals surface area contributed by atoms with E-state index in [2.05, 4.69) is 9.97 Å². The van der Waals surface area contributed by atoms with Crippen molar-refractivity contribution in [1.29, 1.82) is 0 Å². The molecule has 1 aromatic carbocycles. The lowest BCUT2D eigenvalue weighted by molar-refractivity contribution is -0.143. The van der Waals surface area contributed by atoms with E-state index < -0.39 is 52.3 Å². The van der Waals surface area contributed by atoms with Crippen molar-refractivity contribution >= 4 is 23.2 Å². The molecule has 0 aliphatic carbocycles. The van der Waals surface area contributed by atoms with Crippen LogP contribution in [0.3, 0.4) is 0 Å². The zero-order valence-electron chi connectivity index (χ0n) is 12.0. The average molecular weight is 384 g/mol. The van der Waals surface area contributed by atoms with Gasteiger partial charge in [-0.2, -0.15) is 26.3 Å². The highest BCUT2D eigenvalue weighted by atomic mass is 35.5. The normalized spacial score (nSPS) is 12.1. The summed E-state index contributed by atoms with van der Waals surface area (Å²) in [5, 5.41) is 1.46. The Bertz CT molecular complexity index is 777. The summed E-state index contributed by atoms with van der Waals surface area (Å²) in [5.41, 5.74) is -3.51. The number of nitrogens with zero attached hydrogens (tertiary/aromatic N) is 2. The van der Waals surface area contributed by atoms with Gasteiger partial charge in [0, 0.05) is 12.4 Å². The van der Waals surface area contributed by atoms with Crippen LogP contribution < -0.4 is 5.32 Å². The molecule has 0 unspecified atom stereocenters. The molecule has 0 saturated carbocycles. The minimum Gasteiger partial charge on any atom is -0.318 e. The number of alkyl halides is 6. The number of hydrogen-bond donors (Lipinski definition) is 1. The highest BCUT2D eigenvalue weighted by Gasteiger charge is 2.39. The molecule has 1 aromatic heterocycles. The van der Waals surface area contributed by atoms with E-state index in [0.29, 0.717) is 6.07 Å². The quantitative estimate of drug-likeness (QED) is 0.794. The van der Waals surface area contributed by atoms with Gasteiger partial charge in [-0.15, -0.1) is 0 Å². The van der Waals surface area contributed by atoms with E-state index in [4.69, 9.17) is 11.6 Å². The molecule has 2 aromatic rings. The third-order valence-corrected chi connectivity index (χ3v) is 3.27. The molecular weight excluding hydrogens is 376 g/mol. The summed E-state index contributed by atoms with van der Waals surface area (Å²) >= 11 is 5.72. The van der Waals surface area contributed by atoms with Gasteiger partial charge in [-0.1, -0.05) is 11.6 Å². The number of rotatable bonds is 3. The van der Waals surface area contributed by atoms with Crippen LogP contribution in [0.1, 0.15) is 21.7 Å². The van der Waals surface area contributed by atoms with Gasteiger partial charge in [-0.3, -0.25) is 4.79 Å². The Morgan fingerprint density at radius 2 is 1.68 bits per heavy atom. The zero-order valence-corrected chi connectivity index (χ0v) is 12.8. The van der Waals surface area contributed by atoms with Gasteiger partial charge in [-0.05, 0) is 23.8 Å². The van der Waals surface area contributed by atoms with Crippen LogP contribution in [0.15, 0.2) is 30.6 Å². The van der Waals surface area contributed by atoms with Crippen molar-refractivity contribution in [1.82, 2.24) is 9.97 Å². The third kappa shape index (κ3) is 4.81. The molecule has 0 atom stereocenters. The number of carbonyl (C=O) groups is 1. The summed E-state index contributed by atoms with van der Waals surface area (Å²) < 4.78 is 77.3. The van der Waals surface area contributed by atoms with E-state index in [-0.39, 0.29) is 0 Å². The van der Waals surface area contributed by atoms with Crippen molar-refractivity contribution in [2.24, 2.45) is 0 Å². The average Bonchev–Trinajstić information content (AvgIpc) is 2.49. The molecule has 1 heterocycles. The Labute approximate surface area is 141 Å². The maximum Gasteiger partial charge on any atom is 0.416 e. The van der Waals surface area contributed by atoms with Crippen LogP contribution in [-0.2, 0) is 12.6 Å². The molecule has 0 radical (unpaired) electrons. The first kappa shape index (κ1) is 19.0. The molecule has 134 valence electrons. The number of aromatic nitrogens is 2. The van der Waals surface area contributed by atoms with Gasteiger partial charge in [-0.25, -0.2) is 9.97 Å². The highest BCUT2D eigenvalue weighted by Crippen LogP contribution is 2.41. The number of hydrogen-bond acceptors (Lipinski definition) is 3. The smallest absolute Gasteiger partial charge is 0.318 e. The second kappa shape index (κ2) is 6.87. The number of amides is 1. The second-order valence-corrected chi connectivity index (χ2v) is 5.17. The summed E-state index contributed by atoms with van der Waals surface area (Å²) in [6.45, 7) is 0. The van der Waals surface area contributed by atoms with Gasteiger partial charge < -0.3 is 5.32 Å².